The van der Waals surface area contributed by atoms with Crippen molar-refractivity contribution in [2.24, 2.45) is 0 Å². The van der Waals surface area contributed by atoms with Gasteiger partial charge < -0.3 is 20.3 Å². The molecule has 1 atom stereocenters. The Morgan fingerprint density at radius 2 is 2.28 bits per heavy atom. The first kappa shape index (κ1) is 12.7. The van der Waals surface area contributed by atoms with Crippen molar-refractivity contribution >= 4 is 17.3 Å². The van der Waals surface area contributed by atoms with E-state index in [4.69, 9.17) is 4.74 Å². The molecular weight excluding hydrogens is 230 g/mol. The van der Waals surface area contributed by atoms with Gasteiger partial charge in [-0.25, -0.2) is 0 Å². The van der Waals surface area contributed by atoms with E-state index in [-0.39, 0.29) is 5.91 Å². The van der Waals surface area contributed by atoms with Crippen molar-refractivity contribution in [1.29, 1.82) is 0 Å². The summed E-state index contributed by atoms with van der Waals surface area (Å²) in [4.78, 5) is 13.7. The highest BCUT2D eigenvalue weighted by Gasteiger charge is 2.23. The Kier molecular flexibility index (Phi) is 3.72. The lowest BCUT2D eigenvalue weighted by Gasteiger charge is -2.26. The monoisotopic (exact) mass is 249 g/mol. The van der Waals surface area contributed by atoms with Gasteiger partial charge in [0.2, 0.25) is 0 Å². The Morgan fingerprint density at radius 1 is 1.50 bits per heavy atom. The van der Waals surface area contributed by atoms with Gasteiger partial charge in [-0.2, -0.15) is 0 Å². The number of rotatable bonds is 4. The number of nitrogens with one attached hydrogen (secondary N) is 2. The van der Waals surface area contributed by atoms with E-state index in [1.807, 2.05) is 32.3 Å². The van der Waals surface area contributed by atoms with Crippen LogP contribution in [0, 0.1) is 0 Å². The molecular formula is C13H19N3O2. The van der Waals surface area contributed by atoms with Crippen LogP contribution < -0.4 is 20.3 Å². The standard InChI is InChI=1S/C13H19N3O2/c1-9-13(17)15-11-8-10(4-5-12(11)18-9)16(3)7-6-14-2/h4-5,8-9,14H,6-7H2,1-3H3,(H,15,17). The molecule has 1 heterocycles. The molecule has 1 aliphatic heterocycles. The minimum Gasteiger partial charge on any atom is -0.479 e. The zero-order chi connectivity index (χ0) is 13.1. The molecule has 0 fully saturated rings. The largest absolute Gasteiger partial charge is 0.479 e. The fourth-order valence-corrected chi connectivity index (χ4v) is 1.84. The molecule has 0 spiro atoms. The van der Waals surface area contributed by atoms with Crippen LogP contribution >= 0.6 is 0 Å². The fourth-order valence-electron chi connectivity index (χ4n) is 1.84. The van der Waals surface area contributed by atoms with Crippen molar-refractivity contribution < 1.29 is 9.53 Å². The second-order valence-corrected chi connectivity index (χ2v) is 4.45. The van der Waals surface area contributed by atoms with E-state index in [1.54, 1.807) is 6.92 Å². The van der Waals surface area contributed by atoms with E-state index in [9.17, 15) is 4.79 Å². The molecule has 0 bridgehead atoms. The minimum atomic E-state index is -0.426. The van der Waals surface area contributed by atoms with E-state index < -0.39 is 6.10 Å². The van der Waals surface area contributed by atoms with Gasteiger partial charge in [-0.05, 0) is 32.2 Å². The van der Waals surface area contributed by atoms with Crippen molar-refractivity contribution in [3.05, 3.63) is 18.2 Å². The highest BCUT2D eigenvalue weighted by Crippen LogP contribution is 2.32. The van der Waals surface area contributed by atoms with E-state index in [0.717, 1.165) is 30.2 Å². The van der Waals surface area contributed by atoms with Gasteiger partial charge in [-0.3, -0.25) is 4.79 Å². The van der Waals surface area contributed by atoms with Crippen LogP contribution in [-0.2, 0) is 4.79 Å². The number of likely N-dealkylation sites (N-methyl/N-ethyl adjacent to an activating group) is 2. The second kappa shape index (κ2) is 5.27. The maximum atomic E-state index is 11.6. The Bertz CT molecular complexity index is 448. The SMILES string of the molecule is CNCCN(C)c1ccc2c(c1)NC(=O)C(C)O2. The molecule has 0 saturated carbocycles. The topological polar surface area (TPSA) is 53.6 Å². The molecule has 0 aromatic heterocycles. The summed E-state index contributed by atoms with van der Waals surface area (Å²) in [5.41, 5.74) is 1.80. The number of benzene rings is 1. The van der Waals surface area contributed by atoms with Crippen molar-refractivity contribution in [3.8, 4) is 5.75 Å². The van der Waals surface area contributed by atoms with Crippen LogP contribution in [0.3, 0.4) is 0 Å². The minimum absolute atomic E-state index is 0.0995. The molecule has 1 aromatic carbocycles. The van der Waals surface area contributed by atoms with Gasteiger partial charge in [-0.1, -0.05) is 0 Å². The summed E-state index contributed by atoms with van der Waals surface area (Å²) < 4.78 is 5.52. The lowest BCUT2D eigenvalue weighted by molar-refractivity contribution is -0.122. The lowest BCUT2D eigenvalue weighted by atomic mass is 10.2. The van der Waals surface area contributed by atoms with Crippen LogP contribution in [0.4, 0.5) is 11.4 Å². The van der Waals surface area contributed by atoms with Crippen molar-refractivity contribution in [2.45, 2.75) is 13.0 Å². The third-order valence-corrected chi connectivity index (χ3v) is 3.03. The third kappa shape index (κ3) is 2.56. The Balaban J connectivity index is 2.17. The first-order valence-electron chi connectivity index (χ1n) is 6.09. The lowest BCUT2D eigenvalue weighted by Crippen LogP contribution is -2.34. The number of ether oxygens (including phenoxy) is 1. The summed E-state index contributed by atoms with van der Waals surface area (Å²) >= 11 is 0. The van der Waals surface area contributed by atoms with Gasteiger partial charge in [-0.15, -0.1) is 0 Å². The number of carbonyl (C=O) groups excluding carboxylic acids is 1. The molecule has 5 heteroatoms. The summed E-state index contributed by atoms with van der Waals surface area (Å²) in [7, 11) is 3.95. The zero-order valence-corrected chi connectivity index (χ0v) is 11.0. The second-order valence-electron chi connectivity index (χ2n) is 4.45. The fraction of sp³-hybridized carbons (Fsp3) is 0.462. The number of nitrogens with zero attached hydrogens (tertiary/aromatic N) is 1. The summed E-state index contributed by atoms with van der Waals surface area (Å²) in [6, 6.07) is 5.84. The van der Waals surface area contributed by atoms with E-state index in [2.05, 4.69) is 15.5 Å². The van der Waals surface area contributed by atoms with Crippen LogP contribution in [0.5, 0.6) is 5.75 Å². The van der Waals surface area contributed by atoms with Crippen LogP contribution in [0.15, 0.2) is 18.2 Å². The number of hydrogen-bond acceptors (Lipinski definition) is 4. The van der Waals surface area contributed by atoms with Crippen LogP contribution in [-0.4, -0.2) is 39.2 Å². The van der Waals surface area contributed by atoms with Crippen LogP contribution in [0.2, 0.25) is 0 Å². The normalized spacial score (nSPS) is 17.7. The van der Waals surface area contributed by atoms with Gasteiger partial charge in [0, 0.05) is 25.8 Å². The molecule has 1 unspecified atom stereocenters. The van der Waals surface area contributed by atoms with Crippen molar-refractivity contribution in [3.63, 3.8) is 0 Å². The molecule has 0 aliphatic carbocycles. The third-order valence-electron chi connectivity index (χ3n) is 3.03. The number of fused-ring (bicyclic) bond motifs is 1. The van der Waals surface area contributed by atoms with E-state index in [0.29, 0.717) is 0 Å². The van der Waals surface area contributed by atoms with E-state index in [1.165, 1.54) is 0 Å². The molecule has 5 nitrogen and oxygen atoms in total. The molecule has 2 N–H and O–H groups in total. The summed E-state index contributed by atoms with van der Waals surface area (Å²) in [6.45, 7) is 3.55. The Morgan fingerprint density at radius 3 is 3.00 bits per heavy atom. The maximum Gasteiger partial charge on any atom is 0.265 e. The smallest absolute Gasteiger partial charge is 0.265 e. The maximum absolute atomic E-state index is 11.6. The number of hydrogen-bond donors (Lipinski definition) is 2. The Labute approximate surface area is 107 Å². The highest BCUT2D eigenvalue weighted by molar-refractivity contribution is 5.98. The van der Waals surface area contributed by atoms with Gasteiger partial charge in [0.15, 0.2) is 6.10 Å². The molecule has 0 saturated heterocycles. The van der Waals surface area contributed by atoms with Crippen LogP contribution in [0.1, 0.15) is 6.92 Å². The molecule has 18 heavy (non-hydrogen) atoms. The summed E-state index contributed by atoms with van der Waals surface area (Å²) in [6.07, 6.45) is -0.426. The molecule has 98 valence electrons. The summed E-state index contributed by atoms with van der Waals surface area (Å²) in [5, 5.41) is 5.96. The van der Waals surface area contributed by atoms with Crippen molar-refractivity contribution in [1.82, 2.24) is 5.32 Å². The van der Waals surface area contributed by atoms with Gasteiger partial charge >= 0.3 is 0 Å². The van der Waals surface area contributed by atoms with E-state index >= 15 is 0 Å². The first-order chi connectivity index (χ1) is 8.61. The average molecular weight is 249 g/mol. The Hall–Kier alpha value is -1.75. The summed E-state index contributed by atoms with van der Waals surface area (Å²) in [5.74, 6) is 0.630. The number of amides is 1. The molecule has 2 rings (SSSR count). The predicted molar refractivity (Wildman–Crippen MR) is 72.4 cm³/mol. The first-order valence-corrected chi connectivity index (χ1v) is 6.09. The van der Waals surface area contributed by atoms with Crippen molar-refractivity contribution in [2.75, 3.05) is 37.4 Å². The quantitative estimate of drug-likeness (QED) is 0.838. The molecule has 1 aromatic rings. The average Bonchev–Trinajstić information content (AvgIpc) is 2.36. The van der Waals surface area contributed by atoms with Gasteiger partial charge in [0.05, 0.1) is 5.69 Å². The number of carbonyl (C=O) groups is 1. The van der Waals surface area contributed by atoms with Gasteiger partial charge in [0.1, 0.15) is 5.75 Å². The molecule has 1 amide bonds. The van der Waals surface area contributed by atoms with Gasteiger partial charge in [0.25, 0.3) is 5.91 Å². The van der Waals surface area contributed by atoms with Crippen LogP contribution in [0.25, 0.3) is 0 Å². The predicted octanol–water partition coefficient (Wildman–Crippen LogP) is 1.06. The molecule has 0 radical (unpaired) electrons. The number of anilines is 2. The molecule has 1 aliphatic rings. The highest BCUT2D eigenvalue weighted by atomic mass is 16.5. The zero-order valence-electron chi connectivity index (χ0n) is 11.0.